The van der Waals surface area contributed by atoms with Gasteiger partial charge < -0.3 is 15.2 Å². The number of phenols is 1. The van der Waals surface area contributed by atoms with Crippen LogP contribution in [0.3, 0.4) is 0 Å². The molecule has 1 saturated heterocycles. The van der Waals surface area contributed by atoms with Gasteiger partial charge in [0.1, 0.15) is 11.5 Å². The normalized spacial score (nSPS) is 19.6. The second-order valence-electron chi connectivity index (χ2n) is 5.54. The first-order chi connectivity index (χ1) is 9.67. The van der Waals surface area contributed by atoms with Crippen LogP contribution >= 0.6 is 0 Å². The molecule has 4 heteroatoms. The Morgan fingerprint density at radius 2 is 2.05 bits per heavy atom. The first-order valence-electron chi connectivity index (χ1n) is 7.49. The van der Waals surface area contributed by atoms with Gasteiger partial charge in [-0.2, -0.15) is 0 Å². The number of rotatable bonds is 5. The second kappa shape index (κ2) is 6.95. The Kier molecular flexibility index (Phi) is 5.26. The highest BCUT2D eigenvalue weighted by atomic mass is 16.5. The Morgan fingerprint density at radius 3 is 2.65 bits per heavy atom. The van der Waals surface area contributed by atoms with Crippen molar-refractivity contribution < 1.29 is 9.84 Å². The van der Waals surface area contributed by atoms with Crippen molar-refractivity contribution in [2.75, 3.05) is 33.3 Å². The zero-order valence-corrected chi connectivity index (χ0v) is 12.7. The van der Waals surface area contributed by atoms with Gasteiger partial charge in [-0.05, 0) is 24.1 Å². The average molecular weight is 278 g/mol. The monoisotopic (exact) mass is 278 g/mol. The molecule has 0 spiro atoms. The third-order valence-corrected chi connectivity index (χ3v) is 4.28. The van der Waals surface area contributed by atoms with E-state index in [4.69, 9.17) is 4.74 Å². The molecular weight excluding hydrogens is 252 g/mol. The topological polar surface area (TPSA) is 44.7 Å². The number of hydrogen-bond acceptors (Lipinski definition) is 4. The summed E-state index contributed by atoms with van der Waals surface area (Å²) < 4.78 is 5.32. The summed E-state index contributed by atoms with van der Waals surface area (Å²) in [4.78, 5) is 2.47. The molecule has 2 rings (SSSR count). The first-order valence-corrected chi connectivity index (χ1v) is 7.49. The lowest BCUT2D eigenvalue weighted by molar-refractivity contribution is 0.126. The molecular formula is C16H26N2O2. The van der Waals surface area contributed by atoms with Gasteiger partial charge in [-0.3, -0.25) is 4.90 Å². The average Bonchev–Trinajstić information content (AvgIpc) is 2.50. The number of nitrogens with zero attached hydrogens (tertiary/aromatic N) is 1. The number of ether oxygens (including phenoxy) is 1. The largest absolute Gasteiger partial charge is 0.508 e. The summed E-state index contributed by atoms with van der Waals surface area (Å²) in [7, 11) is 1.67. The zero-order valence-electron chi connectivity index (χ0n) is 12.7. The Hall–Kier alpha value is -1.26. The number of hydrogen-bond donors (Lipinski definition) is 2. The smallest absolute Gasteiger partial charge is 0.120 e. The fourth-order valence-electron chi connectivity index (χ4n) is 2.94. The van der Waals surface area contributed by atoms with E-state index >= 15 is 0 Å². The van der Waals surface area contributed by atoms with Crippen molar-refractivity contribution in [1.29, 1.82) is 0 Å². The maximum absolute atomic E-state index is 10.3. The second-order valence-corrected chi connectivity index (χ2v) is 5.54. The van der Waals surface area contributed by atoms with E-state index in [1.807, 2.05) is 12.1 Å². The number of aromatic hydroxyl groups is 1. The quantitative estimate of drug-likeness (QED) is 0.868. The molecule has 2 N–H and O–H groups in total. The minimum absolute atomic E-state index is 0.247. The van der Waals surface area contributed by atoms with Crippen LogP contribution < -0.4 is 10.1 Å². The van der Waals surface area contributed by atoms with Gasteiger partial charge >= 0.3 is 0 Å². The van der Waals surface area contributed by atoms with Gasteiger partial charge in [0.2, 0.25) is 0 Å². The van der Waals surface area contributed by atoms with Crippen molar-refractivity contribution in [3.05, 3.63) is 23.8 Å². The van der Waals surface area contributed by atoms with E-state index in [-0.39, 0.29) is 6.04 Å². The summed E-state index contributed by atoms with van der Waals surface area (Å²) in [5.74, 6) is 1.67. The lowest BCUT2D eigenvalue weighted by Gasteiger charge is -2.38. The number of phenolic OH excluding ortho intramolecular Hbond substituents is 1. The van der Waals surface area contributed by atoms with Crippen molar-refractivity contribution in [3.63, 3.8) is 0 Å². The molecule has 0 bridgehead atoms. The Labute approximate surface area is 121 Å². The predicted octanol–water partition coefficient (Wildman–Crippen LogP) is 2.39. The molecule has 1 fully saturated rings. The van der Waals surface area contributed by atoms with E-state index in [1.165, 1.54) is 0 Å². The summed E-state index contributed by atoms with van der Waals surface area (Å²) in [6, 6.07) is 5.78. The van der Waals surface area contributed by atoms with E-state index in [9.17, 15) is 5.11 Å². The van der Waals surface area contributed by atoms with Crippen molar-refractivity contribution in [3.8, 4) is 11.5 Å². The van der Waals surface area contributed by atoms with E-state index in [2.05, 4.69) is 24.1 Å². The van der Waals surface area contributed by atoms with Crippen LogP contribution in [0, 0.1) is 5.92 Å². The molecule has 0 amide bonds. The van der Waals surface area contributed by atoms with Crippen molar-refractivity contribution in [2.24, 2.45) is 5.92 Å². The van der Waals surface area contributed by atoms with Gasteiger partial charge in [0.15, 0.2) is 0 Å². The van der Waals surface area contributed by atoms with Gasteiger partial charge in [0, 0.05) is 37.8 Å². The van der Waals surface area contributed by atoms with Crippen LogP contribution in [0.1, 0.15) is 31.9 Å². The van der Waals surface area contributed by atoms with Crippen molar-refractivity contribution in [1.82, 2.24) is 10.2 Å². The molecule has 1 aliphatic rings. The van der Waals surface area contributed by atoms with Crippen molar-refractivity contribution in [2.45, 2.75) is 26.3 Å². The van der Waals surface area contributed by atoms with Crippen LogP contribution in [-0.4, -0.2) is 43.3 Å². The number of methoxy groups -OCH3 is 1. The Morgan fingerprint density at radius 1 is 1.35 bits per heavy atom. The summed E-state index contributed by atoms with van der Waals surface area (Å²) in [5.41, 5.74) is 0.987. The molecule has 2 atom stereocenters. The van der Waals surface area contributed by atoms with Gasteiger partial charge in [0.05, 0.1) is 7.11 Å². The third kappa shape index (κ3) is 3.25. The minimum Gasteiger partial charge on any atom is -0.508 e. The van der Waals surface area contributed by atoms with Crippen LogP contribution in [0.4, 0.5) is 0 Å². The molecule has 0 aliphatic carbocycles. The molecule has 0 aromatic heterocycles. The van der Waals surface area contributed by atoms with E-state index in [1.54, 1.807) is 13.2 Å². The molecule has 112 valence electrons. The van der Waals surface area contributed by atoms with E-state index in [0.717, 1.165) is 43.9 Å². The molecule has 1 aromatic rings. The van der Waals surface area contributed by atoms with Crippen LogP contribution in [0.2, 0.25) is 0 Å². The predicted molar refractivity (Wildman–Crippen MR) is 81.3 cm³/mol. The van der Waals surface area contributed by atoms with E-state index < -0.39 is 0 Å². The van der Waals surface area contributed by atoms with Crippen LogP contribution in [0.15, 0.2) is 18.2 Å². The molecule has 1 aromatic carbocycles. The van der Waals surface area contributed by atoms with Crippen molar-refractivity contribution >= 4 is 0 Å². The summed E-state index contributed by atoms with van der Waals surface area (Å²) in [5, 5.41) is 13.7. The van der Waals surface area contributed by atoms with E-state index in [0.29, 0.717) is 11.7 Å². The molecule has 0 radical (unpaired) electrons. The highest BCUT2D eigenvalue weighted by molar-refractivity contribution is 5.41. The minimum atomic E-state index is 0.247. The number of piperazine rings is 1. The maximum atomic E-state index is 10.3. The summed E-state index contributed by atoms with van der Waals surface area (Å²) in [6.45, 7) is 8.52. The molecule has 1 aliphatic heterocycles. The third-order valence-electron chi connectivity index (χ3n) is 4.28. The first kappa shape index (κ1) is 15.1. The highest BCUT2D eigenvalue weighted by Gasteiger charge is 2.28. The van der Waals surface area contributed by atoms with Gasteiger partial charge in [-0.25, -0.2) is 0 Å². The van der Waals surface area contributed by atoms with Crippen LogP contribution in [-0.2, 0) is 0 Å². The fourth-order valence-corrected chi connectivity index (χ4v) is 2.94. The molecule has 1 unspecified atom stereocenters. The fraction of sp³-hybridized carbons (Fsp3) is 0.625. The highest BCUT2D eigenvalue weighted by Crippen LogP contribution is 2.37. The van der Waals surface area contributed by atoms with Gasteiger partial charge in [-0.15, -0.1) is 0 Å². The lowest BCUT2D eigenvalue weighted by atomic mass is 9.90. The molecule has 1 heterocycles. The summed E-state index contributed by atoms with van der Waals surface area (Å²) >= 11 is 0. The van der Waals surface area contributed by atoms with Crippen LogP contribution in [0.25, 0.3) is 0 Å². The number of nitrogens with one attached hydrogen (secondary N) is 1. The standard InChI is InChI=1S/C16H26N2O2/c1-4-12(2)16(18-9-7-17-8-10-18)14-11-13(20-3)5-6-15(14)19/h5-6,11-12,16-17,19H,4,7-10H2,1-3H3/t12?,16-/m1/s1. The molecule has 0 saturated carbocycles. The lowest BCUT2D eigenvalue weighted by Crippen LogP contribution is -2.46. The number of benzene rings is 1. The van der Waals surface area contributed by atoms with Gasteiger partial charge in [-0.1, -0.05) is 20.3 Å². The molecule has 4 nitrogen and oxygen atoms in total. The van der Waals surface area contributed by atoms with Crippen LogP contribution in [0.5, 0.6) is 11.5 Å². The molecule has 20 heavy (non-hydrogen) atoms. The summed E-state index contributed by atoms with van der Waals surface area (Å²) in [6.07, 6.45) is 1.09. The SMILES string of the molecule is CCC(C)[C@H](c1cc(OC)ccc1O)N1CCNCC1. The zero-order chi connectivity index (χ0) is 14.5. The Balaban J connectivity index is 2.34. The maximum Gasteiger partial charge on any atom is 0.120 e. The Bertz CT molecular complexity index is 430. The van der Waals surface area contributed by atoms with Gasteiger partial charge in [0.25, 0.3) is 0 Å².